The lowest BCUT2D eigenvalue weighted by atomic mass is 10.7. The molecule has 1 aromatic rings. The van der Waals surface area contributed by atoms with E-state index in [9.17, 15) is 0 Å². The largest absolute Gasteiger partial charge is 0.545 e. The van der Waals surface area contributed by atoms with Crippen molar-refractivity contribution in [2.45, 2.75) is 0 Å². The van der Waals surface area contributed by atoms with Crippen LogP contribution in [0.25, 0.3) is 0 Å². The Balaban J connectivity index is 0.000000162. The van der Waals surface area contributed by atoms with Gasteiger partial charge in [-0.15, -0.1) is 0 Å². The van der Waals surface area contributed by atoms with Crippen LogP contribution in [0.15, 0.2) is 35.5 Å². The maximum Gasteiger partial charge on any atom is 0.0636 e. The third-order valence-electron chi connectivity index (χ3n) is 0.592. The summed E-state index contributed by atoms with van der Waals surface area (Å²) in [5.74, 6) is -1.23. The van der Waals surface area contributed by atoms with Gasteiger partial charge < -0.3 is 9.90 Å². The molecule has 1 heterocycles. The van der Waals surface area contributed by atoms with Gasteiger partial charge in [0.15, 0.2) is 0 Å². The third kappa shape index (κ3) is 6.91. The van der Waals surface area contributed by atoms with E-state index in [1.807, 2.05) is 22.9 Å². The van der Waals surface area contributed by atoms with Crippen molar-refractivity contribution in [3.05, 3.63) is 35.5 Å². The van der Waals surface area contributed by atoms with E-state index in [1.54, 1.807) is 11.3 Å². The molecular weight excluding hydrogens is 148 g/mol. The predicted molar refractivity (Wildman–Crippen MR) is 39.5 cm³/mol. The maximum atomic E-state index is 9.14. The molecule has 10 heavy (non-hydrogen) atoms. The van der Waals surface area contributed by atoms with E-state index in [0.29, 0.717) is 0 Å². The number of carboxylic acid groups (broad SMARTS) is 1. The Labute approximate surface area is 63.4 Å². The fraction of sp³-hybridized carbons (Fsp3) is 0. The van der Waals surface area contributed by atoms with Gasteiger partial charge in [-0.1, -0.05) is 18.7 Å². The van der Waals surface area contributed by atoms with E-state index in [1.165, 1.54) is 0 Å². The van der Waals surface area contributed by atoms with Crippen molar-refractivity contribution in [2.24, 2.45) is 0 Å². The monoisotopic (exact) mass is 155 g/mol. The third-order valence-corrected chi connectivity index (χ3v) is 1.22. The minimum absolute atomic E-state index is 0.722. The summed E-state index contributed by atoms with van der Waals surface area (Å²) in [6, 6.07) is 4.04. The van der Waals surface area contributed by atoms with Gasteiger partial charge in [0.1, 0.15) is 0 Å². The van der Waals surface area contributed by atoms with Gasteiger partial charge in [-0.05, 0) is 16.8 Å². The molecule has 0 bridgehead atoms. The Morgan fingerprint density at radius 2 is 1.90 bits per heavy atom. The second kappa shape index (κ2) is 6.04. The number of hydrogen-bond donors (Lipinski definition) is 0. The van der Waals surface area contributed by atoms with Crippen LogP contribution in [0.2, 0.25) is 0 Å². The molecule has 1 aromatic heterocycles. The van der Waals surface area contributed by atoms with E-state index in [2.05, 4.69) is 6.58 Å². The number of carboxylic acids is 1. The average molecular weight is 155 g/mol. The van der Waals surface area contributed by atoms with E-state index in [0.717, 1.165) is 6.08 Å². The lowest BCUT2D eigenvalue weighted by molar-refractivity contribution is -0.297. The Bertz CT molecular complexity index is 162. The fourth-order valence-electron chi connectivity index (χ4n) is 0.227. The minimum atomic E-state index is -1.23. The second-order valence-corrected chi connectivity index (χ2v) is 2.13. The van der Waals surface area contributed by atoms with Gasteiger partial charge in [-0.25, -0.2) is 0 Å². The van der Waals surface area contributed by atoms with Crippen LogP contribution in [0.1, 0.15) is 0 Å². The van der Waals surface area contributed by atoms with E-state index < -0.39 is 5.97 Å². The molecule has 0 radical (unpaired) electrons. The molecule has 0 atom stereocenters. The highest BCUT2D eigenvalue weighted by molar-refractivity contribution is 7.07. The summed E-state index contributed by atoms with van der Waals surface area (Å²) in [5.41, 5.74) is 0. The van der Waals surface area contributed by atoms with Gasteiger partial charge in [-0.3, -0.25) is 0 Å². The first kappa shape index (κ1) is 8.91. The summed E-state index contributed by atoms with van der Waals surface area (Å²) in [6.07, 6.45) is 0.722. The first-order valence-electron chi connectivity index (χ1n) is 2.58. The van der Waals surface area contributed by atoms with Gasteiger partial charge in [0.2, 0.25) is 0 Å². The smallest absolute Gasteiger partial charge is 0.0636 e. The molecule has 0 aliphatic carbocycles. The molecule has 0 aromatic carbocycles. The number of carbonyl (C=O) groups excluding carboxylic acids is 1. The quantitative estimate of drug-likeness (QED) is 0.559. The van der Waals surface area contributed by atoms with E-state index in [-0.39, 0.29) is 0 Å². The van der Waals surface area contributed by atoms with E-state index >= 15 is 0 Å². The molecule has 0 aliphatic heterocycles. The van der Waals surface area contributed by atoms with Crippen molar-refractivity contribution in [1.82, 2.24) is 0 Å². The van der Waals surface area contributed by atoms with Crippen LogP contribution < -0.4 is 5.11 Å². The molecule has 3 heteroatoms. The highest BCUT2D eigenvalue weighted by atomic mass is 32.1. The first-order chi connectivity index (χ1) is 4.77. The summed E-state index contributed by atoms with van der Waals surface area (Å²) in [4.78, 5) is 9.14. The highest BCUT2D eigenvalue weighted by Gasteiger charge is 1.58. The number of rotatable bonds is 1. The SMILES string of the molecule is C=CC(=O)[O-].c1ccsc1. The van der Waals surface area contributed by atoms with Gasteiger partial charge in [0.25, 0.3) is 0 Å². The van der Waals surface area contributed by atoms with Crippen LogP contribution in [-0.4, -0.2) is 5.97 Å². The summed E-state index contributed by atoms with van der Waals surface area (Å²) < 4.78 is 0. The van der Waals surface area contributed by atoms with Crippen LogP contribution in [0.3, 0.4) is 0 Å². The molecule has 2 nitrogen and oxygen atoms in total. The molecule has 0 spiro atoms. The van der Waals surface area contributed by atoms with Crippen LogP contribution in [-0.2, 0) is 4.79 Å². The lowest BCUT2D eigenvalue weighted by Gasteiger charge is -1.81. The van der Waals surface area contributed by atoms with Crippen molar-refractivity contribution in [1.29, 1.82) is 0 Å². The maximum absolute atomic E-state index is 9.14. The molecule has 1 rings (SSSR count). The predicted octanol–water partition coefficient (Wildman–Crippen LogP) is 0.670. The fourth-order valence-corrected chi connectivity index (χ4v) is 0.680. The first-order valence-corrected chi connectivity index (χ1v) is 3.52. The standard InChI is InChI=1S/C4H4S.C3H4O2/c1-2-4-5-3-1;1-2-3(4)5/h1-4H;2H,1H2,(H,4,5)/p-1. The molecule has 0 unspecified atom stereocenters. The van der Waals surface area contributed by atoms with Crippen molar-refractivity contribution >= 4 is 17.3 Å². The van der Waals surface area contributed by atoms with Crippen LogP contribution >= 0.6 is 11.3 Å². The van der Waals surface area contributed by atoms with Crippen molar-refractivity contribution in [2.75, 3.05) is 0 Å². The zero-order valence-corrected chi connectivity index (χ0v) is 6.14. The number of carbonyl (C=O) groups is 1. The Hall–Kier alpha value is -1.09. The zero-order chi connectivity index (χ0) is 7.82. The Morgan fingerprint density at radius 3 is 2.00 bits per heavy atom. The molecule has 0 saturated carbocycles. The van der Waals surface area contributed by atoms with Crippen LogP contribution in [0, 0.1) is 0 Å². The second-order valence-electron chi connectivity index (χ2n) is 1.32. The average Bonchev–Trinajstić information content (AvgIpc) is 2.43. The van der Waals surface area contributed by atoms with Crippen molar-refractivity contribution in [3.8, 4) is 0 Å². The zero-order valence-electron chi connectivity index (χ0n) is 5.32. The molecule has 0 amide bonds. The van der Waals surface area contributed by atoms with Crippen molar-refractivity contribution in [3.63, 3.8) is 0 Å². The summed E-state index contributed by atoms with van der Waals surface area (Å²) in [7, 11) is 0. The molecule has 0 aliphatic rings. The van der Waals surface area contributed by atoms with Gasteiger partial charge in [0, 0.05) is 0 Å². The molecule has 0 fully saturated rings. The van der Waals surface area contributed by atoms with Crippen molar-refractivity contribution < 1.29 is 9.90 Å². The summed E-state index contributed by atoms with van der Waals surface area (Å²) in [5, 5.41) is 13.2. The Morgan fingerprint density at radius 1 is 1.50 bits per heavy atom. The van der Waals surface area contributed by atoms with Gasteiger partial charge in [-0.2, -0.15) is 11.3 Å². The normalized spacial score (nSPS) is 7.20. The van der Waals surface area contributed by atoms with Crippen LogP contribution in [0.5, 0.6) is 0 Å². The molecular formula is C7H7O2S-. The molecule has 0 N–H and O–H groups in total. The topological polar surface area (TPSA) is 40.1 Å². The van der Waals surface area contributed by atoms with Gasteiger partial charge >= 0.3 is 0 Å². The Kier molecular flexibility index (Phi) is 5.38. The molecule has 54 valence electrons. The van der Waals surface area contributed by atoms with Crippen LogP contribution in [0.4, 0.5) is 0 Å². The lowest BCUT2D eigenvalue weighted by Crippen LogP contribution is -2.17. The van der Waals surface area contributed by atoms with Gasteiger partial charge in [0.05, 0.1) is 5.97 Å². The highest BCUT2D eigenvalue weighted by Crippen LogP contribution is 1.91. The minimum Gasteiger partial charge on any atom is -0.545 e. The number of hydrogen-bond acceptors (Lipinski definition) is 3. The number of aliphatic carboxylic acids is 1. The number of thiophene rings is 1. The molecule has 0 saturated heterocycles. The summed E-state index contributed by atoms with van der Waals surface area (Å²) in [6.45, 7) is 2.90. The summed E-state index contributed by atoms with van der Waals surface area (Å²) >= 11 is 1.71. The van der Waals surface area contributed by atoms with E-state index in [4.69, 9.17) is 9.90 Å².